The average Bonchev–Trinajstić information content (AvgIpc) is 3.11. The summed E-state index contributed by atoms with van der Waals surface area (Å²) in [4.78, 5) is 31.8. The number of likely N-dealkylation sites (N-methyl/N-ethyl adjacent to an activating group) is 2. The van der Waals surface area contributed by atoms with Gasteiger partial charge in [-0.15, -0.1) is 11.3 Å². The Morgan fingerprint density at radius 3 is 2.43 bits per heavy atom. The number of nitrogens with zero attached hydrogens (tertiary/aromatic N) is 3. The van der Waals surface area contributed by atoms with Gasteiger partial charge in [-0.1, -0.05) is 12.1 Å². The fourth-order valence-electron chi connectivity index (χ4n) is 2.56. The zero-order valence-corrected chi connectivity index (χ0v) is 17.7. The van der Waals surface area contributed by atoms with E-state index in [1.54, 1.807) is 29.4 Å². The molecule has 2 amide bonds. The Kier molecular flexibility index (Phi) is 8.19. The lowest BCUT2D eigenvalue weighted by molar-refractivity contribution is -0.136. The molecule has 2 aromatic rings. The second-order valence-corrected chi connectivity index (χ2v) is 7.37. The van der Waals surface area contributed by atoms with Gasteiger partial charge in [0.15, 0.2) is 0 Å². The molecule has 1 aromatic carbocycles. The second-order valence-electron chi connectivity index (χ2n) is 6.31. The third-order valence-corrected chi connectivity index (χ3v) is 5.04. The van der Waals surface area contributed by atoms with E-state index in [0.29, 0.717) is 19.7 Å². The molecule has 0 atom stereocenters. The molecule has 0 N–H and O–H groups in total. The maximum atomic E-state index is 12.2. The minimum absolute atomic E-state index is 0.0499. The molecule has 0 bridgehead atoms. The van der Waals surface area contributed by atoms with Crippen LogP contribution in [0.1, 0.15) is 30.1 Å². The summed E-state index contributed by atoms with van der Waals surface area (Å²) in [6.45, 7) is 7.61. The number of carbonyl (C=O) groups is 2. The number of thiazole rings is 1. The fraction of sp³-hybridized carbons (Fsp3) is 0.381. The van der Waals surface area contributed by atoms with E-state index >= 15 is 0 Å². The lowest BCUT2D eigenvalue weighted by Gasteiger charge is -2.22. The van der Waals surface area contributed by atoms with Crippen molar-refractivity contribution >= 4 is 29.2 Å². The molecule has 0 saturated heterocycles. The molecule has 0 aliphatic carbocycles. The van der Waals surface area contributed by atoms with Gasteiger partial charge in [0, 0.05) is 31.6 Å². The molecule has 0 aliphatic rings. The van der Waals surface area contributed by atoms with Gasteiger partial charge in [0.05, 0.1) is 17.2 Å². The van der Waals surface area contributed by atoms with Crippen molar-refractivity contribution in [3.05, 3.63) is 52.0 Å². The first-order chi connectivity index (χ1) is 13.4. The molecule has 6 nitrogen and oxygen atoms in total. The van der Waals surface area contributed by atoms with E-state index < -0.39 is 0 Å². The molecular weight excluding hydrogens is 374 g/mol. The van der Waals surface area contributed by atoms with Crippen molar-refractivity contribution in [3.8, 4) is 5.75 Å². The highest BCUT2D eigenvalue weighted by molar-refractivity contribution is 7.09. The van der Waals surface area contributed by atoms with Crippen molar-refractivity contribution in [2.24, 2.45) is 0 Å². The second kappa shape index (κ2) is 10.6. The molecule has 0 radical (unpaired) electrons. The number of ether oxygens (including phenoxy) is 1. The summed E-state index contributed by atoms with van der Waals surface area (Å²) in [6, 6.07) is 7.48. The van der Waals surface area contributed by atoms with Gasteiger partial charge in [-0.3, -0.25) is 9.59 Å². The van der Waals surface area contributed by atoms with Crippen LogP contribution in [-0.2, 0) is 16.2 Å². The van der Waals surface area contributed by atoms with Crippen molar-refractivity contribution in [2.45, 2.75) is 27.4 Å². The van der Waals surface area contributed by atoms with Crippen LogP contribution in [0, 0.1) is 6.92 Å². The molecule has 2 rings (SSSR count). The summed E-state index contributed by atoms with van der Waals surface area (Å²) in [7, 11) is 1.63. The minimum Gasteiger partial charge on any atom is -0.487 e. The van der Waals surface area contributed by atoms with Crippen LogP contribution in [0.15, 0.2) is 35.7 Å². The van der Waals surface area contributed by atoms with E-state index in [2.05, 4.69) is 4.98 Å². The van der Waals surface area contributed by atoms with Gasteiger partial charge >= 0.3 is 0 Å². The summed E-state index contributed by atoms with van der Waals surface area (Å²) in [5.41, 5.74) is 1.80. The SMILES string of the molecule is CCN(CC)C(=O)CN(C)C(=O)/C=C/c1ccc(OCc2csc(C)n2)cc1. The van der Waals surface area contributed by atoms with E-state index in [-0.39, 0.29) is 18.4 Å². The normalized spacial score (nSPS) is 10.9. The number of hydrogen-bond donors (Lipinski definition) is 0. The van der Waals surface area contributed by atoms with Gasteiger partial charge in [0.25, 0.3) is 0 Å². The van der Waals surface area contributed by atoms with Crippen LogP contribution in [0.3, 0.4) is 0 Å². The predicted octanol–water partition coefficient (Wildman–Crippen LogP) is 3.37. The quantitative estimate of drug-likeness (QED) is 0.605. The highest BCUT2D eigenvalue weighted by Gasteiger charge is 2.14. The van der Waals surface area contributed by atoms with Crippen molar-refractivity contribution in [1.29, 1.82) is 0 Å². The van der Waals surface area contributed by atoms with Crippen LogP contribution in [0.5, 0.6) is 5.75 Å². The topological polar surface area (TPSA) is 62.7 Å². The summed E-state index contributed by atoms with van der Waals surface area (Å²) in [5, 5.41) is 3.01. The van der Waals surface area contributed by atoms with Crippen LogP contribution < -0.4 is 4.74 Å². The molecule has 0 fully saturated rings. The van der Waals surface area contributed by atoms with E-state index in [4.69, 9.17) is 4.74 Å². The first-order valence-electron chi connectivity index (χ1n) is 9.27. The Bertz CT molecular complexity index is 811. The monoisotopic (exact) mass is 401 g/mol. The Labute approximate surface area is 170 Å². The largest absolute Gasteiger partial charge is 0.487 e. The van der Waals surface area contributed by atoms with Gasteiger partial charge in [0.1, 0.15) is 12.4 Å². The predicted molar refractivity (Wildman–Crippen MR) is 112 cm³/mol. The highest BCUT2D eigenvalue weighted by atomic mass is 32.1. The van der Waals surface area contributed by atoms with E-state index in [9.17, 15) is 9.59 Å². The fourth-order valence-corrected chi connectivity index (χ4v) is 3.16. The zero-order valence-electron chi connectivity index (χ0n) is 16.8. The number of rotatable bonds is 9. The van der Waals surface area contributed by atoms with E-state index in [0.717, 1.165) is 22.0 Å². The molecule has 0 saturated carbocycles. The maximum Gasteiger partial charge on any atom is 0.246 e. The lowest BCUT2D eigenvalue weighted by Crippen LogP contribution is -2.40. The first-order valence-corrected chi connectivity index (χ1v) is 10.2. The number of benzene rings is 1. The molecule has 7 heteroatoms. The Hall–Kier alpha value is -2.67. The average molecular weight is 402 g/mol. The Morgan fingerprint density at radius 2 is 1.86 bits per heavy atom. The third kappa shape index (κ3) is 6.49. The number of aromatic nitrogens is 1. The number of aryl methyl sites for hydroxylation is 1. The summed E-state index contributed by atoms with van der Waals surface area (Å²) in [5.74, 6) is 0.488. The summed E-state index contributed by atoms with van der Waals surface area (Å²) >= 11 is 1.60. The van der Waals surface area contributed by atoms with Gasteiger partial charge in [-0.2, -0.15) is 0 Å². The molecule has 1 aromatic heterocycles. The highest BCUT2D eigenvalue weighted by Crippen LogP contribution is 2.16. The van der Waals surface area contributed by atoms with Crippen LogP contribution in [0.25, 0.3) is 6.08 Å². The Morgan fingerprint density at radius 1 is 1.18 bits per heavy atom. The van der Waals surface area contributed by atoms with Crippen LogP contribution in [0.2, 0.25) is 0 Å². The number of carbonyl (C=O) groups excluding carboxylic acids is 2. The lowest BCUT2D eigenvalue weighted by atomic mass is 10.2. The molecule has 0 unspecified atom stereocenters. The molecule has 0 spiro atoms. The molecule has 28 heavy (non-hydrogen) atoms. The third-order valence-electron chi connectivity index (χ3n) is 4.22. The first kappa shape index (κ1) is 21.6. The summed E-state index contributed by atoms with van der Waals surface area (Å²) < 4.78 is 5.71. The van der Waals surface area contributed by atoms with Gasteiger partial charge in [0.2, 0.25) is 11.8 Å². The van der Waals surface area contributed by atoms with Crippen molar-refractivity contribution in [3.63, 3.8) is 0 Å². The standard InChI is InChI=1S/C21H27N3O3S/c1-5-24(6-2)21(26)13-23(4)20(25)12-9-17-7-10-19(11-8-17)27-14-18-15-28-16(3)22-18/h7-12,15H,5-6,13-14H2,1-4H3/b12-9+. The zero-order chi connectivity index (χ0) is 20.5. The number of hydrogen-bond acceptors (Lipinski definition) is 5. The van der Waals surface area contributed by atoms with Crippen molar-refractivity contribution in [1.82, 2.24) is 14.8 Å². The van der Waals surface area contributed by atoms with Gasteiger partial charge in [-0.05, 0) is 44.5 Å². The number of amides is 2. The van der Waals surface area contributed by atoms with Crippen LogP contribution >= 0.6 is 11.3 Å². The Balaban J connectivity index is 1.85. The van der Waals surface area contributed by atoms with Crippen molar-refractivity contribution in [2.75, 3.05) is 26.7 Å². The molecular formula is C21H27N3O3S. The minimum atomic E-state index is -0.209. The van der Waals surface area contributed by atoms with Gasteiger partial charge in [-0.25, -0.2) is 4.98 Å². The van der Waals surface area contributed by atoms with E-state index in [1.807, 2.05) is 50.4 Å². The molecule has 0 aliphatic heterocycles. The van der Waals surface area contributed by atoms with Crippen LogP contribution in [-0.4, -0.2) is 53.3 Å². The van der Waals surface area contributed by atoms with Gasteiger partial charge < -0.3 is 14.5 Å². The smallest absolute Gasteiger partial charge is 0.246 e. The van der Waals surface area contributed by atoms with Crippen LogP contribution in [0.4, 0.5) is 0 Å². The summed E-state index contributed by atoms with van der Waals surface area (Å²) in [6.07, 6.45) is 3.21. The maximum absolute atomic E-state index is 12.2. The van der Waals surface area contributed by atoms with E-state index in [1.165, 1.54) is 11.0 Å². The molecule has 1 heterocycles. The molecule has 150 valence electrons. The van der Waals surface area contributed by atoms with Crippen molar-refractivity contribution < 1.29 is 14.3 Å².